The van der Waals surface area contributed by atoms with Gasteiger partial charge in [-0.05, 0) is 46.6 Å². The molecule has 19 heavy (non-hydrogen) atoms. The number of hydrogen-bond acceptors (Lipinski definition) is 4. The zero-order valence-electron chi connectivity index (χ0n) is 10.4. The molecule has 0 aliphatic carbocycles. The van der Waals surface area contributed by atoms with E-state index in [9.17, 15) is 9.90 Å². The third-order valence-corrected chi connectivity index (χ3v) is 3.53. The molecule has 0 fully saturated rings. The van der Waals surface area contributed by atoms with E-state index in [0.29, 0.717) is 13.0 Å². The van der Waals surface area contributed by atoms with Crippen molar-refractivity contribution in [2.45, 2.75) is 19.4 Å². The monoisotopic (exact) mass is 326 g/mol. The van der Waals surface area contributed by atoms with Gasteiger partial charge in [0, 0.05) is 17.3 Å². The van der Waals surface area contributed by atoms with Crippen molar-refractivity contribution >= 4 is 32.8 Å². The topological polar surface area (TPSA) is 88.3 Å². The summed E-state index contributed by atoms with van der Waals surface area (Å²) >= 11 is 3.41. The van der Waals surface area contributed by atoms with Gasteiger partial charge >= 0.3 is 5.97 Å². The van der Waals surface area contributed by atoms with Crippen LogP contribution in [0.2, 0.25) is 0 Å². The molecule has 0 saturated carbocycles. The number of phenols is 1. The number of nitrogens with two attached hydrogens (primary N) is 1. The maximum absolute atomic E-state index is 11.6. The second kappa shape index (κ2) is 5.63. The Balaban J connectivity index is 2.31. The highest BCUT2D eigenvalue weighted by Crippen LogP contribution is 2.30. The van der Waals surface area contributed by atoms with Gasteiger partial charge in [0.2, 0.25) is 0 Å². The van der Waals surface area contributed by atoms with Gasteiger partial charge in [0.15, 0.2) is 0 Å². The first-order valence-corrected chi connectivity index (χ1v) is 6.73. The predicted octanol–water partition coefficient (Wildman–Crippen LogP) is 2.07. The van der Waals surface area contributed by atoms with Gasteiger partial charge in [-0.25, -0.2) is 0 Å². The van der Waals surface area contributed by atoms with Gasteiger partial charge in [-0.3, -0.25) is 4.79 Å². The molecule has 1 heterocycles. The lowest BCUT2D eigenvalue weighted by Gasteiger charge is -2.10. The number of aromatic hydroxyl groups is 1. The molecule has 0 spiro atoms. The van der Waals surface area contributed by atoms with Crippen molar-refractivity contribution in [3.63, 3.8) is 0 Å². The van der Waals surface area contributed by atoms with E-state index in [1.54, 1.807) is 25.1 Å². The maximum Gasteiger partial charge on any atom is 0.323 e. The van der Waals surface area contributed by atoms with Crippen molar-refractivity contribution in [3.8, 4) is 5.75 Å². The summed E-state index contributed by atoms with van der Waals surface area (Å²) in [6.45, 7) is 2.05. The molecule has 6 heteroatoms. The van der Waals surface area contributed by atoms with Crippen LogP contribution >= 0.6 is 15.9 Å². The fourth-order valence-electron chi connectivity index (χ4n) is 1.95. The molecular weight excluding hydrogens is 312 g/mol. The Bertz CT molecular complexity index is 609. The average molecular weight is 327 g/mol. The number of rotatable bonds is 4. The van der Waals surface area contributed by atoms with Crippen LogP contribution in [0, 0.1) is 0 Å². The molecule has 0 aliphatic rings. The minimum absolute atomic E-state index is 0.171. The molecule has 4 N–H and O–H groups in total. The minimum atomic E-state index is -0.724. The number of aromatic nitrogens is 1. The van der Waals surface area contributed by atoms with E-state index in [2.05, 4.69) is 20.9 Å². The molecule has 5 nitrogen and oxygen atoms in total. The predicted molar refractivity (Wildman–Crippen MR) is 76.0 cm³/mol. The average Bonchev–Trinajstić information content (AvgIpc) is 2.66. The second-order valence-corrected chi connectivity index (χ2v) is 5.00. The molecular formula is C13H15BrN2O3. The number of phenolic OH excluding ortho intramolecular Hbond substituents is 1. The summed E-state index contributed by atoms with van der Waals surface area (Å²) in [5, 5.41) is 10.4. The number of benzene rings is 1. The number of nitrogens with one attached hydrogen (secondary N) is 1. The Morgan fingerprint density at radius 3 is 3.00 bits per heavy atom. The van der Waals surface area contributed by atoms with Crippen LogP contribution in [0.15, 0.2) is 22.8 Å². The fraction of sp³-hybridized carbons (Fsp3) is 0.308. The Morgan fingerprint density at radius 1 is 1.58 bits per heavy atom. The van der Waals surface area contributed by atoms with Crippen molar-refractivity contribution in [2.75, 3.05) is 6.61 Å². The summed E-state index contributed by atoms with van der Waals surface area (Å²) in [6.07, 6.45) is 0.336. The Labute approximate surface area is 118 Å². The minimum Gasteiger partial charge on any atom is -0.508 e. The number of halogens is 1. The lowest BCUT2D eigenvalue weighted by Crippen LogP contribution is -2.34. The highest BCUT2D eigenvalue weighted by molar-refractivity contribution is 9.10. The van der Waals surface area contributed by atoms with Crippen LogP contribution in [0.25, 0.3) is 10.9 Å². The Hall–Kier alpha value is -1.53. The van der Waals surface area contributed by atoms with Crippen LogP contribution in [0.5, 0.6) is 5.75 Å². The lowest BCUT2D eigenvalue weighted by molar-refractivity contribution is -0.144. The van der Waals surface area contributed by atoms with Crippen LogP contribution in [-0.2, 0) is 16.0 Å². The first-order chi connectivity index (χ1) is 9.02. The van der Waals surface area contributed by atoms with E-state index in [1.165, 1.54) is 0 Å². The number of aromatic amines is 1. The number of carbonyl (C=O) groups excluding carboxylic acids is 1. The standard InChI is InChI=1S/C13H15BrN2O3/c1-2-19-13(18)10(15)6-9-8-5-7(17)3-4-11(8)16-12(9)14/h3-5,10,16-17H,2,6,15H2,1H3. The van der Waals surface area contributed by atoms with E-state index in [1.807, 2.05) is 0 Å². The van der Waals surface area contributed by atoms with E-state index in [4.69, 9.17) is 10.5 Å². The van der Waals surface area contributed by atoms with Gasteiger partial charge in [-0.15, -0.1) is 0 Å². The van der Waals surface area contributed by atoms with Crippen molar-refractivity contribution in [3.05, 3.63) is 28.4 Å². The molecule has 1 unspecified atom stereocenters. The number of carbonyl (C=O) groups is 1. The van der Waals surface area contributed by atoms with Crippen LogP contribution in [0.3, 0.4) is 0 Å². The maximum atomic E-state index is 11.6. The number of ether oxygens (including phenoxy) is 1. The van der Waals surface area contributed by atoms with E-state index in [-0.39, 0.29) is 5.75 Å². The van der Waals surface area contributed by atoms with E-state index < -0.39 is 12.0 Å². The smallest absolute Gasteiger partial charge is 0.323 e. The Morgan fingerprint density at radius 2 is 2.32 bits per heavy atom. The quantitative estimate of drug-likeness (QED) is 0.750. The molecule has 0 bridgehead atoms. The molecule has 0 amide bonds. The zero-order chi connectivity index (χ0) is 14.0. The van der Waals surface area contributed by atoms with E-state index in [0.717, 1.165) is 21.1 Å². The van der Waals surface area contributed by atoms with Gasteiger partial charge in [0.05, 0.1) is 11.2 Å². The largest absolute Gasteiger partial charge is 0.508 e. The first-order valence-electron chi connectivity index (χ1n) is 5.94. The van der Waals surface area contributed by atoms with Crippen LogP contribution < -0.4 is 5.73 Å². The van der Waals surface area contributed by atoms with E-state index >= 15 is 0 Å². The van der Waals surface area contributed by atoms with Crippen molar-refractivity contribution in [2.24, 2.45) is 5.73 Å². The SMILES string of the molecule is CCOC(=O)C(N)Cc1c(Br)[nH]c2ccc(O)cc12. The highest BCUT2D eigenvalue weighted by atomic mass is 79.9. The summed E-state index contributed by atoms with van der Waals surface area (Å²) in [5.41, 5.74) is 7.54. The van der Waals surface area contributed by atoms with Gasteiger partial charge < -0.3 is 20.6 Å². The summed E-state index contributed by atoms with van der Waals surface area (Å²) < 4.78 is 5.65. The van der Waals surface area contributed by atoms with Gasteiger partial charge in [-0.2, -0.15) is 0 Å². The third-order valence-electron chi connectivity index (χ3n) is 2.85. The van der Waals surface area contributed by atoms with Crippen LogP contribution in [0.1, 0.15) is 12.5 Å². The number of esters is 1. The van der Waals surface area contributed by atoms with Crippen molar-refractivity contribution < 1.29 is 14.6 Å². The molecule has 2 rings (SSSR count). The highest BCUT2D eigenvalue weighted by Gasteiger charge is 2.19. The van der Waals surface area contributed by atoms with Crippen molar-refractivity contribution in [1.29, 1.82) is 0 Å². The number of H-pyrrole nitrogens is 1. The summed E-state index contributed by atoms with van der Waals surface area (Å²) in [5.74, 6) is -0.256. The Kier molecular flexibility index (Phi) is 4.11. The normalized spacial score (nSPS) is 12.6. The summed E-state index contributed by atoms with van der Waals surface area (Å²) in [6, 6.07) is 4.29. The molecule has 102 valence electrons. The van der Waals surface area contributed by atoms with Gasteiger partial charge in [0.25, 0.3) is 0 Å². The molecule has 0 radical (unpaired) electrons. The molecule has 1 aromatic heterocycles. The van der Waals surface area contributed by atoms with Gasteiger partial charge in [0.1, 0.15) is 11.8 Å². The molecule has 1 atom stereocenters. The third kappa shape index (κ3) is 2.90. The molecule has 0 saturated heterocycles. The summed E-state index contributed by atoms with van der Waals surface area (Å²) in [4.78, 5) is 14.7. The molecule has 1 aromatic carbocycles. The summed E-state index contributed by atoms with van der Waals surface area (Å²) in [7, 11) is 0. The first kappa shape index (κ1) is 13.9. The lowest BCUT2D eigenvalue weighted by atomic mass is 10.1. The number of hydrogen-bond donors (Lipinski definition) is 3. The van der Waals surface area contributed by atoms with Gasteiger partial charge in [-0.1, -0.05) is 0 Å². The molecule has 2 aromatic rings. The van der Waals surface area contributed by atoms with Crippen molar-refractivity contribution in [1.82, 2.24) is 4.98 Å². The number of fused-ring (bicyclic) bond motifs is 1. The van der Waals surface area contributed by atoms with Crippen LogP contribution in [0.4, 0.5) is 0 Å². The zero-order valence-corrected chi connectivity index (χ0v) is 12.0. The van der Waals surface area contributed by atoms with Crippen LogP contribution in [-0.4, -0.2) is 28.7 Å². The second-order valence-electron chi connectivity index (χ2n) is 4.21. The molecule has 0 aliphatic heterocycles. The fourth-order valence-corrected chi connectivity index (χ4v) is 2.54.